The molecule has 0 aliphatic carbocycles. The van der Waals surface area contributed by atoms with Crippen LogP contribution in [0.5, 0.6) is 0 Å². The Morgan fingerprint density at radius 3 is 2.65 bits per heavy atom. The molecule has 0 saturated carbocycles. The van der Waals surface area contributed by atoms with Gasteiger partial charge in [0.05, 0.1) is 5.69 Å². The number of para-hydroxylation sites is 1. The summed E-state index contributed by atoms with van der Waals surface area (Å²) in [7, 11) is 1.75. The second-order valence-corrected chi connectivity index (χ2v) is 3.99. The average Bonchev–Trinajstić information content (AvgIpc) is 2.38. The van der Waals surface area contributed by atoms with Gasteiger partial charge in [0.1, 0.15) is 0 Å². The Kier molecular flexibility index (Phi) is 7.94. The standard InChI is InChI=1S/C14H22N2O/c1-17-13-9-4-2-3-8-12-15-16-14-10-6-5-7-11-14/h5-7,10-12,16H,2-4,8-9,13H2,1H3. The molecule has 0 saturated heterocycles. The molecule has 1 N–H and O–H groups in total. The number of anilines is 1. The van der Waals surface area contributed by atoms with Gasteiger partial charge in [-0.1, -0.05) is 31.0 Å². The smallest absolute Gasteiger partial charge is 0.0561 e. The third kappa shape index (κ3) is 7.53. The van der Waals surface area contributed by atoms with Crippen molar-refractivity contribution in [3.8, 4) is 0 Å². The van der Waals surface area contributed by atoms with Gasteiger partial charge in [0.15, 0.2) is 0 Å². The molecule has 0 aliphatic heterocycles. The summed E-state index contributed by atoms with van der Waals surface area (Å²) in [4.78, 5) is 0. The van der Waals surface area contributed by atoms with Crippen LogP contribution in [0.4, 0.5) is 5.69 Å². The van der Waals surface area contributed by atoms with Gasteiger partial charge in [-0.2, -0.15) is 5.10 Å². The predicted molar refractivity (Wildman–Crippen MR) is 73.5 cm³/mol. The Morgan fingerprint density at radius 1 is 1.12 bits per heavy atom. The number of nitrogens with zero attached hydrogens (tertiary/aromatic N) is 1. The molecule has 17 heavy (non-hydrogen) atoms. The van der Waals surface area contributed by atoms with Gasteiger partial charge in [-0.25, -0.2) is 0 Å². The number of methoxy groups -OCH3 is 1. The fourth-order valence-electron chi connectivity index (χ4n) is 1.53. The van der Waals surface area contributed by atoms with E-state index in [1.807, 2.05) is 36.5 Å². The molecule has 0 aliphatic rings. The number of benzene rings is 1. The summed E-state index contributed by atoms with van der Waals surface area (Å²) < 4.78 is 5.00. The molecule has 0 heterocycles. The second-order valence-electron chi connectivity index (χ2n) is 3.99. The SMILES string of the molecule is COCCCCCCC=NNc1ccccc1. The lowest BCUT2D eigenvalue weighted by atomic mass is 10.2. The van der Waals surface area contributed by atoms with Crippen molar-refractivity contribution in [1.29, 1.82) is 0 Å². The minimum Gasteiger partial charge on any atom is -0.385 e. The van der Waals surface area contributed by atoms with Crippen molar-refractivity contribution in [3.63, 3.8) is 0 Å². The fraction of sp³-hybridized carbons (Fsp3) is 0.500. The summed E-state index contributed by atoms with van der Waals surface area (Å²) in [5.41, 5.74) is 4.04. The number of ether oxygens (including phenoxy) is 1. The van der Waals surface area contributed by atoms with Gasteiger partial charge < -0.3 is 4.74 Å². The third-order valence-corrected chi connectivity index (χ3v) is 2.49. The molecule has 1 aromatic carbocycles. The maximum absolute atomic E-state index is 5.00. The van der Waals surface area contributed by atoms with Gasteiger partial charge in [0.25, 0.3) is 0 Å². The first-order valence-corrected chi connectivity index (χ1v) is 6.25. The molecular formula is C14H22N2O. The van der Waals surface area contributed by atoms with Crippen LogP contribution in [0.3, 0.4) is 0 Å². The average molecular weight is 234 g/mol. The van der Waals surface area contributed by atoms with E-state index in [0.29, 0.717) is 0 Å². The van der Waals surface area contributed by atoms with Crippen LogP contribution < -0.4 is 5.43 Å². The van der Waals surface area contributed by atoms with Crippen molar-refractivity contribution < 1.29 is 4.74 Å². The zero-order chi connectivity index (χ0) is 12.2. The van der Waals surface area contributed by atoms with Crippen LogP contribution in [0.15, 0.2) is 35.4 Å². The number of hydrogen-bond acceptors (Lipinski definition) is 3. The van der Waals surface area contributed by atoms with E-state index in [0.717, 1.165) is 25.1 Å². The van der Waals surface area contributed by atoms with Crippen molar-refractivity contribution in [2.75, 3.05) is 19.1 Å². The quantitative estimate of drug-likeness (QED) is 0.402. The lowest BCUT2D eigenvalue weighted by molar-refractivity contribution is 0.192. The molecule has 94 valence electrons. The fourth-order valence-corrected chi connectivity index (χ4v) is 1.53. The van der Waals surface area contributed by atoms with Crippen LogP contribution in [0.1, 0.15) is 32.1 Å². The first-order valence-electron chi connectivity index (χ1n) is 6.25. The van der Waals surface area contributed by atoms with Crippen molar-refractivity contribution in [2.45, 2.75) is 32.1 Å². The molecule has 0 amide bonds. The third-order valence-electron chi connectivity index (χ3n) is 2.49. The Balaban J connectivity index is 1.96. The van der Waals surface area contributed by atoms with Gasteiger partial charge in [-0.3, -0.25) is 5.43 Å². The molecular weight excluding hydrogens is 212 g/mol. The van der Waals surface area contributed by atoms with Gasteiger partial charge in [-0.05, 0) is 31.4 Å². The number of unbranched alkanes of at least 4 members (excludes halogenated alkanes) is 4. The topological polar surface area (TPSA) is 33.6 Å². The molecule has 3 nitrogen and oxygen atoms in total. The van der Waals surface area contributed by atoms with Crippen LogP contribution >= 0.6 is 0 Å². The first-order chi connectivity index (χ1) is 8.43. The lowest BCUT2D eigenvalue weighted by Crippen LogP contribution is -1.90. The molecule has 0 spiro atoms. The highest BCUT2D eigenvalue weighted by molar-refractivity contribution is 5.59. The van der Waals surface area contributed by atoms with Crippen LogP contribution in [0, 0.1) is 0 Å². The van der Waals surface area contributed by atoms with Crippen molar-refractivity contribution in [3.05, 3.63) is 30.3 Å². The second kappa shape index (κ2) is 9.85. The van der Waals surface area contributed by atoms with Crippen LogP contribution in [-0.2, 0) is 4.74 Å². The molecule has 0 bridgehead atoms. The minimum atomic E-state index is 0.879. The monoisotopic (exact) mass is 234 g/mol. The van der Waals surface area contributed by atoms with Gasteiger partial charge in [0.2, 0.25) is 0 Å². The van der Waals surface area contributed by atoms with Crippen molar-refractivity contribution >= 4 is 11.9 Å². The molecule has 0 unspecified atom stereocenters. The Morgan fingerprint density at radius 2 is 1.88 bits per heavy atom. The summed E-state index contributed by atoms with van der Waals surface area (Å²) in [5.74, 6) is 0. The number of rotatable bonds is 9. The number of hydrogen-bond donors (Lipinski definition) is 1. The molecule has 1 rings (SSSR count). The van der Waals surface area contributed by atoms with Gasteiger partial charge in [-0.15, -0.1) is 0 Å². The van der Waals surface area contributed by atoms with Crippen molar-refractivity contribution in [1.82, 2.24) is 0 Å². The van der Waals surface area contributed by atoms with E-state index in [-0.39, 0.29) is 0 Å². The predicted octanol–water partition coefficient (Wildman–Crippen LogP) is 3.68. The van der Waals surface area contributed by atoms with E-state index in [4.69, 9.17) is 4.74 Å². The first kappa shape index (κ1) is 13.7. The maximum atomic E-state index is 5.00. The largest absolute Gasteiger partial charge is 0.385 e. The molecule has 0 fully saturated rings. The van der Waals surface area contributed by atoms with Gasteiger partial charge >= 0.3 is 0 Å². The molecule has 3 heteroatoms. The summed E-state index contributed by atoms with van der Waals surface area (Å²) in [6.45, 7) is 0.879. The van der Waals surface area contributed by atoms with Crippen LogP contribution in [0.2, 0.25) is 0 Å². The molecule has 1 aromatic rings. The molecule has 0 aromatic heterocycles. The van der Waals surface area contributed by atoms with E-state index in [9.17, 15) is 0 Å². The zero-order valence-electron chi connectivity index (χ0n) is 10.6. The van der Waals surface area contributed by atoms with E-state index >= 15 is 0 Å². The Bertz CT molecular complexity index is 298. The highest BCUT2D eigenvalue weighted by Gasteiger charge is 1.88. The normalized spacial score (nSPS) is 10.9. The highest BCUT2D eigenvalue weighted by atomic mass is 16.5. The van der Waals surface area contributed by atoms with E-state index in [2.05, 4.69) is 10.5 Å². The summed E-state index contributed by atoms with van der Waals surface area (Å²) >= 11 is 0. The lowest BCUT2D eigenvalue weighted by Gasteiger charge is -1.99. The zero-order valence-corrected chi connectivity index (χ0v) is 10.6. The number of nitrogens with one attached hydrogen (secondary N) is 1. The minimum absolute atomic E-state index is 0.879. The van der Waals surface area contributed by atoms with Crippen LogP contribution in [0.25, 0.3) is 0 Å². The van der Waals surface area contributed by atoms with Gasteiger partial charge in [0, 0.05) is 19.9 Å². The number of hydrazone groups is 1. The summed E-state index contributed by atoms with van der Waals surface area (Å²) in [5, 5.41) is 4.18. The Labute approximate surface area is 104 Å². The van der Waals surface area contributed by atoms with E-state index in [1.54, 1.807) is 7.11 Å². The highest BCUT2D eigenvalue weighted by Crippen LogP contribution is 2.05. The summed E-state index contributed by atoms with van der Waals surface area (Å²) in [6, 6.07) is 9.99. The molecule has 0 atom stereocenters. The van der Waals surface area contributed by atoms with Crippen molar-refractivity contribution in [2.24, 2.45) is 5.10 Å². The summed E-state index contributed by atoms with van der Waals surface area (Å²) in [6.07, 6.45) is 7.84. The van der Waals surface area contributed by atoms with E-state index < -0.39 is 0 Å². The molecule has 0 radical (unpaired) electrons. The van der Waals surface area contributed by atoms with Crippen LogP contribution in [-0.4, -0.2) is 19.9 Å². The maximum Gasteiger partial charge on any atom is 0.0561 e. The van der Waals surface area contributed by atoms with E-state index in [1.165, 1.54) is 19.3 Å². The Hall–Kier alpha value is -1.35.